The van der Waals surface area contributed by atoms with Crippen LogP contribution in [0.3, 0.4) is 0 Å². The predicted molar refractivity (Wildman–Crippen MR) is 269 cm³/mol. The smallest absolute Gasteiger partial charge is 0.355 e. The molecule has 3 aromatic heterocycles. The van der Waals surface area contributed by atoms with E-state index >= 15 is 0 Å². The second-order valence-corrected chi connectivity index (χ2v) is 20.5. The number of hydrogen-bond acceptors (Lipinski definition) is 12. The molecule has 2 fully saturated rings. The van der Waals surface area contributed by atoms with Crippen LogP contribution in [0.1, 0.15) is 96.0 Å². The van der Waals surface area contributed by atoms with Crippen molar-refractivity contribution < 1.29 is 33.8 Å². The second kappa shape index (κ2) is 21.5. The Hall–Kier alpha value is -5.75. The third kappa shape index (κ3) is 11.2. The van der Waals surface area contributed by atoms with Crippen LogP contribution in [0, 0.1) is 11.3 Å². The molecule has 370 valence electrons. The fourth-order valence-corrected chi connectivity index (χ4v) is 10.5. The molecule has 0 spiro atoms. The minimum Gasteiger partial charge on any atom is -0.462 e. The van der Waals surface area contributed by atoms with Crippen LogP contribution < -0.4 is 10.7 Å². The first-order valence-electron chi connectivity index (χ1n) is 24.1. The minimum absolute atomic E-state index is 0.00282. The van der Waals surface area contributed by atoms with Crippen molar-refractivity contribution in [3.05, 3.63) is 88.3 Å². The summed E-state index contributed by atoms with van der Waals surface area (Å²) in [5.74, 6) is -2.32. The van der Waals surface area contributed by atoms with E-state index < -0.39 is 41.0 Å². The first kappa shape index (κ1) is 51.1. The van der Waals surface area contributed by atoms with Crippen LogP contribution in [0.5, 0.6) is 0 Å². The van der Waals surface area contributed by atoms with Gasteiger partial charge in [-0.2, -0.15) is 5.43 Å². The van der Waals surface area contributed by atoms with Gasteiger partial charge in [0.2, 0.25) is 11.6 Å². The van der Waals surface area contributed by atoms with Gasteiger partial charge in [0, 0.05) is 104 Å². The topological polar surface area (TPSA) is 184 Å². The summed E-state index contributed by atoms with van der Waals surface area (Å²) in [5.41, 5.74) is 6.98. The molecule has 16 nitrogen and oxygen atoms in total. The number of carbonyl (C=O) groups excluding carboxylic acids is 4. The number of fused-ring (bicyclic) bond motifs is 6. The van der Waals surface area contributed by atoms with Crippen LogP contribution in [-0.2, 0) is 49.7 Å². The zero-order valence-electron chi connectivity index (χ0n) is 41.6. The number of urea groups is 1. The van der Waals surface area contributed by atoms with Crippen molar-refractivity contribution in [3.63, 3.8) is 0 Å². The summed E-state index contributed by atoms with van der Waals surface area (Å²) in [6, 6.07) is 7.82. The number of aliphatic hydroxyl groups is 1. The number of hydrazine groups is 1. The number of methoxy groups -OCH3 is 1. The molecule has 1 aromatic carbocycles. The predicted octanol–water partition coefficient (Wildman–Crippen LogP) is 6.95. The van der Waals surface area contributed by atoms with Crippen LogP contribution in [0.4, 0.5) is 4.79 Å². The number of carbonyl (C=O) groups is 4. The number of allylic oxidation sites excluding steroid dienone is 2. The lowest BCUT2D eigenvalue weighted by atomic mass is 9.84. The molecule has 3 N–H and O–H groups in total. The Morgan fingerprint density at radius 1 is 1.17 bits per heavy atom. The highest BCUT2D eigenvalue weighted by Crippen LogP contribution is 2.40. The lowest BCUT2D eigenvalue weighted by molar-refractivity contribution is -0.189. The zero-order valence-corrected chi connectivity index (χ0v) is 42.4. The lowest BCUT2D eigenvalue weighted by Gasteiger charge is -2.40. The molecular formula is C52H69N9O7S. The van der Waals surface area contributed by atoms with Crippen molar-refractivity contribution in [2.24, 2.45) is 16.3 Å². The molecule has 0 unspecified atom stereocenters. The van der Waals surface area contributed by atoms with Crippen LogP contribution in [0.25, 0.3) is 27.7 Å². The van der Waals surface area contributed by atoms with E-state index in [0.717, 1.165) is 57.4 Å². The number of pyridine rings is 1. The Kier molecular flexibility index (Phi) is 15.9. The number of thiazole rings is 1. The molecule has 0 radical (unpaired) electrons. The molecule has 5 heterocycles. The Balaban J connectivity index is 1.28. The van der Waals surface area contributed by atoms with Gasteiger partial charge in [-0.05, 0) is 94.2 Å². The standard InChI is InChI=1S/C52H69N9O7S/c1-11-37(44(54-12-2)33(6)67-10)46-39-29-51(7,8)31-68-49(64)52(66)22-14-25-61(57-52)48(63)40(28-43-55-41(30-69-43)35-15-18-42(38(39)27-35)59(46)13-3)56-47(62)45(32(4)5)58(9)50(65)60(36-16-17-36)26-21-34-19-23-53-24-20-34/h11-12,15,18-20,23-24,27,30,32-33,36,40,45,57,66H,1,13-14,16-17,21-22,25-26,28-29,31H2,2-10H3,(H,56,62)/b44-37+,54-12?/t33-,40-,45-,52-/m0/s1. The highest BCUT2D eigenvalue weighted by molar-refractivity contribution is 7.10. The van der Waals surface area contributed by atoms with Crippen molar-refractivity contribution in [3.8, 4) is 11.3 Å². The van der Waals surface area contributed by atoms with Gasteiger partial charge in [0.25, 0.3) is 5.91 Å². The van der Waals surface area contributed by atoms with Crippen molar-refractivity contribution in [2.75, 3.05) is 33.9 Å². The van der Waals surface area contributed by atoms with Crippen molar-refractivity contribution in [2.45, 2.75) is 130 Å². The van der Waals surface area contributed by atoms with Crippen LogP contribution >= 0.6 is 11.3 Å². The highest BCUT2D eigenvalue weighted by Gasteiger charge is 2.46. The molecule has 69 heavy (non-hydrogen) atoms. The number of esters is 1. The molecule has 7 rings (SSSR count). The SMILES string of the molecule is C=C/C(=C(\N=CC)[C@H](C)OC)c1c2c3cc(ccc3n1CC)-c1csc(n1)C[C@H](NC(=O)[C@H](C(C)C)N(C)C(=O)N(CCc1ccncc1)C1CC1)C(=O)N1CCC[C@@](O)(N1)C(=O)OCC(C)(C)C2. The third-order valence-electron chi connectivity index (χ3n) is 13.4. The summed E-state index contributed by atoms with van der Waals surface area (Å²) in [4.78, 5) is 75.0. The van der Waals surface area contributed by atoms with Gasteiger partial charge in [-0.1, -0.05) is 46.4 Å². The van der Waals surface area contributed by atoms with E-state index in [9.17, 15) is 24.3 Å². The number of cyclic esters (lactones) is 1. The van der Waals surface area contributed by atoms with Gasteiger partial charge in [0.1, 0.15) is 12.1 Å². The van der Waals surface area contributed by atoms with Crippen molar-refractivity contribution >= 4 is 57.8 Å². The highest BCUT2D eigenvalue weighted by atomic mass is 32.1. The van der Waals surface area contributed by atoms with Gasteiger partial charge >= 0.3 is 12.0 Å². The second-order valence-electron chi connectivity index (χ2n) is 19.6. The maximum Gasteiger partial charge on any atom is 0.355 e. The minimum atomic E-state index is -2.23. The molecular weight excluding hydrogens is 895 g/mol. The normalized spacial score (nSPS) is 21.1. The number of aliphatic imine (C=N–C) groups is 1. The van der Waals surface area contributed by atoms with Gasteiger partial charge < -0.3 is 34.3 Å². The summed E-state index contributed by atoms with van der Waals surface area (Å²) >= 11 is 1.37. The molecule has 4 atom stereocenters. The molecule has 1 aliphatic carbocycles. The molecule has 1 saturated heterocycles. The van der Waals surface area contributed by atoms with E-state index in [1.165, 1.54) is 21.2 Å². The fraction of sp³-hybridized carbons (Fsp3) is 0.519. The summed E-state index contributed by atoms with van der Waals surface area (Å²) < 4.78 is 14.1. The van der Waals surface area contributed by atoms with Crippen LogP contribution in [0.2, 0.25) is 0 Å². The van der Waals surface area contributed by atoms with E-state index in [2.05, 4.69) is 45.9 Å². The Labute approximate surface area is 409 Å². The number of nitrogens with zero attached hydrogens (tertiary/aromatic N) is 7. The largest absolute Gasteiger partial charge is 0.462 e. The van der Waals surface area contributed by atoms with E-state index in [1.54, 1.807) is 32.8 Å². The van der Waals surface area contributed by atoms with E-state index in [4.69, 9.17) is 19.5 Å². The molecule has 3 aliphatic rings. The summed E-state index contributed by atoms with van der Waals surface area (Å²) in [5, 5.41) is 19.6. The Morgan fingerprint density at radius 3 is 2.57 bits per heavy atom. The first-order valence-corrected chi connectivity index (χ1v) is 25.0. The third-order valence-corrected chi connectivity index (χ3v) is 14.3. The number of likely N-dealkylation sites (N-methyl/N-ethyl adjacent to an activating group) is 1. The van der Waals surface area contributed by atoms with E-state index in [1.807, 2.05) is 76.1 Å². The number of aryl methyl sites for hydroxylation is 1. The number of amides is 4. The van der Waals surface area contributed by atoms with Gasteiger partial charge in [-0.3, -0.25) is 24.6 Å². The van der Waals surface area contributed by atoms with Crippen LogP contribution in [-0.4, -0.2) is 128 Å². The Morgan fingerprint density at radius 2 is 1.91 bits per heavy atom. The fourth-order valence-electron chi connectivity index (χ4n) is 9.64. The number of rotatable bonds is 14. The number of aromatic nitrogens is 3. The molecule has 1 saturated carbocycles. The van der Waals surface area contributed by atoms with E-state index in [-0.39, 0.29) is 56.5 Å². The Bertz CT molecular complexity index is 2600. The van der Waals surface area contributed by atoms with Crippen molar-refractivity contribution in [1.82, 2.24) is 40.1 Å². The lowest BCUT2D eigenvalue weighted by Crippen LogP contribution is -2.67. The monoisotopic (exact) mass is 964 g/mol. The number of ether oxygens (including phenoxy) is 2. The van der Waals surface area contributed by atoms with Crippen LogP contribution in [0.15, 0.2) is 71.4 Å². The number of hydrogen-bond donors (Lipinski definition) is 3. The molecule has 4 aromatic rings. The number of benzene rings is 1. The average Bonchev–Trinajstić information content (AvgIpc) is 3.99. The summed E-state index contributed by atoms with van der Waals surface area (Å²) in [7, 11) is 3.29. The van der Waals surface area contributed by atoms with Gasteiger partial charge in [0.05, 0.1) is 34.8 Å². The summed E-state index contributed by atoms with van der Waals surface area (Å²) in [6.07, 6.45) is 9.84. The molecule has 4 amide bonds. The van der Waals surface area contributed by atoms with Crippen molar-refractivity contribution in [1.29, 1.82) is 0 Å². The zero-order chi connectivity index (χ0) is 49.8. The molecule has 6 bridgehead atoms. The number of nitrogens with one attached hydrogen (secondary N) is 2. The average molecular weight is 964 g/mol. The molecule has 2 aliphatic heterocycles. The molecule has 17 heteroatoms. The maximum absolute atomic E-state index is 14.8. The first-order chi connectivity index (χ1) is 32.9. The van der Waals surface area contributed by atoms with Gasteiger partial charge in [-0.15, -0.1) is 11.3 Å². The van der Waals surface area contributed by atoms with Gasteiger partial charge in [0.15, 0.2) is 0 Å². The van der Waals surface area contributed by atoms with Gasteiger partial charge in [-0.25, -0.2) is 14.6 Å². The quantitative estimate of drug-likeness (QED) is 0.0679. The maximum atomic E-state index is 14.8. The van der Waals surface area contributed by atoms with E-state index in [0.29, 0.717) is 36.6 Å². The summed E-state index contributed by atoms with van der Waals surface area (Å²) in [6.45, 7) is 19.1.